The molecule has 0 atom stereocenters. The zero-order valence-electron chi connectivity index (χ0n) is 13.5. The van der Waals surface area contributed by atoms with Gasteiger partial charge in [0.05, 0.1) is 11.8 Å². The standard InChI is InChI=1S/C19H20O3S/c1-13-8-9-14(2)18(10-13)22-12-15-6-4-5-7-16(15)17(11-20)19(21)23-3/h4-11,20H,12H2,1-3H3. The molecule has 0 radical (unpaired) electrons. The molecule has 120 valence electrons. The molecule has 0 bridgehead atoms. The molecular weight excluding hydrogens is 308 g/mol. The van der Waals surface area contributed by atoms with Crippen molar-refractivity contribution in [2.24, 2.45) is 0 Å². The van der Waals surface area contributed by atoms with Gasteiger partial charge in [-0.25, -0.2) is 0 Å². The van der Waals surface area contributed by atoms with Gasteiger partial charge >= 0.3 is 0 Å². The third kappa shape index (κ3) is 4.17. The number of rotatable bonds is 5. The van der Waals surface area contributed by atoms with Gasteiger partial charge in [0.1, 0.15) is 12.4 Å². The fourth-order valence-corrected chi connectivity index (χ4v) is 2.65. The van der Waals surface area contributed by atoms with Crippen molar-refractivity contribution < 1.29 is 14.6 Å². The van der Waals surface area contributed by atoms with Crippen molar-refractivity contribution in [2.75, 3.05) is 6.26 Å². The average molecular weight is 328 g/mol. The largest absolute Gasteiger partial charge is 0.515 e. The van der Waals surface area contributed by atoms with E-state index in [4.69, 9.17) is 4.74 Å². The van der Waals surface area contributed by atoms with E-state index in [2.05, 4.69) is 0 Å². The highest BCUT2D eigenvalue weighted by Crippen LogP contribution is 2.26. The van der Waals surface area contributed by atoms with Crippen LogP contribution in [-0.2, 0) is 11.4 Å². The van der Waals surface area contributed by atoms with Crippen LogP contribution in [0.3, 0.4) is 0 Å². The fraction of sp³-hybridized carbons (Fsp3) is 0.211. The minimum Gasteiger partial charge on any atom is -0.515 e. The number of thioether (sulfide) groups is 1. The van der Waals surface area contributed by atoms with Gasteiger partial charge < -0.3 is 9.84 Å². The van der Waals surface area contributed by atoms with Gasteiger partial charge in [0.15, 0.2) is 0 Å². The van der Waals surface area contributed by atoms with Crippen LogP contribution in [0, 0.1) is 13.8 Å². The van der Waals surface area contributed by atoms with Gasteiger partial charge in [-0.2, -0.15) is 0 Å². The van der Waals surface area contributed by atoms with Crippen molar-refractivity contribution in [1.82, 2.24) is 0 Å². The first-order valence-corrected chi connectivity index (χ1v) is 8.50. The third-order valence-corrected chi connectivity index (χ3v) is 4.16. The van der Waals surface area contributed by atoms with E-state index in [9.17, 15) is 9.90 Å². The van der Waals surface area contributed by atoms with Crippen LogP contribution < -0.4 is 4.74 Å². The van der Waals surface area contributed by atoms with E-state index in [1.807, 2.05) is 56.3 Å². The van der Waals surface area contributed by atoms with E-state index >= 15 is 0 Å². The zero-order chi connectivity index (χ0) is 16.8. The summed E-state index contributed by atoms with van der Waals surface area (Å²) in [4.78, 5) is 12.0. The van der Waals surface area contributed by atoms with E-state index in [0.29, 0.717) is 12.2 Å². The quantitative estimate of drug-likeness (QED) is 0.640. The number of ether oxygens (including phenoxy) is 1. The van der Waals surface area contributed by atoms with Crippen LogP contribution in [0.2, 0.25) is 0 Å². The molecule has 0 aliphatic heterocycles. The monoisotopic (exact) mass is 328 g/mol. The first-order chi connectivity index (χ1) is 11.1. The van der Waals surface area contributed by atoms with Crippen LogP contribution in [0.1, 0.15) is 22.3 Å². The van der Waals surface area contributed by atoms with E-state index in [0.717, 1.165) is 40.5 Å². The average Bonchev–Trinajstić information content (AvgIpc) is 2.57. The Morgan fingerprint density at radius 3 is 2.65 bits per heavy atom. The number of hydrogen-bond donors (Lipinski definition) is 1. The van der Waals surface area contributed by atoms with Crippen LogP contribution in [0.5, 0.6) is 5.75 Å². The summed E-state index contributed by atoms with van der Waals surface area (Å²) in [5.41, 5.74) is 4.03. The molecule has 23 heavy (non-hydrogen) atoms. The Morgan fingerprint density at radius 2 is 1.96 bits per heavy atom. The maximum absolute atomic E-state index is 12.0. The Kier molecular flexibility index (Phi) is 5.88. The number of aryl methyl sites for hydroxylation is 2. The molecule has 2 aromatic carbocycles. The molecule has 3 nitrogen and oxygen atoms in total. The van der Waals surface area contributed by atoms with Crippen molar-refractivity contribution in [1.29, 1.82) is 0 Å². The Labute approximate surface area is 141 Å². The van der Waals surface area contributed by atoms with Gasteiger partial charge in [-0.05, 0) is 48.4 Å². The summed E-state index contributed by atoms with van der Waals surface area (Å²) >= 11 is 1.07. The first-order valence-electron chi connectivity index (χ1n) is 7.28. The van der Waals surface area contributed by atoms with Crippen molar-refractivity contribution in [2.45, 2.75) is 20.5 Å². The van der Waals surface area contributed by atoms with Crippen molar-refractivity contribution in [3.05, 3.63) is 71.0 Å². The SMILES string of the molecule is CSC(=O)C(=CO)c1ccccc1COc1cc(C)ccc1C. The van der Waals surface area contributed by atoms with Crippen LogP contribution in [0.15, 0.2) is 48.7 Å². The molecule has 0 heterocycles. The highest BCUT2D eigenvalue weighted by molar-refractivity contribution is 8.14. The second kappa shape index (κ2) is 7.88. The fourth-order valence-electron chi connectivity index (χ4n) is 2.27. The lowest BCUT2D eigenvalue weighted by Crippen LogP contribution is -2.04. The molecule has 0 aromatic heterocycles. The summed E-state index contributed by atoms with van der Waals surface area (Å²) in [7, 11) is 0. The van der Waals surface area contributed by atoms with Gasteiger partial charge in [-0.1, -0.05) is 48.2 Å². The van der Waals surface area contributed by atoms with Crippen LogP contribution in [-0.4, -0.2) is 16.5 Å². The first kappa shape index (κ1) is 17.2. The molecule has 2 rings (SSSR count). The summed E-state index contributed by atoms with van der Waals surface area (Å²) in [6, 6.07) is 13.5. The van der Waals surface area contributed by atoms with Gasteiger partial charge in [0.25, 0.3) is 0 Å². The number of aliphatic hydroxyl groups is 1. The Balaban J connectivity index is 2.27. The topological polar surface area (TPSA) is 46.5 Å². The smallest absolute Gasteiger partial charge is 0.222 e. The second-order valence-corrected chi connectivity index (χ2v) is 6.03. The summed E-state index contributed by atoms with van der Waals surface area (Å²) in [5, 5.41) is 9.26. The lowest BCUT2D eigenvalue weighted by molar-refractivity contribution is -0.106. The summed E-state index contributed by atoms with van der Waals surface area (Å²) in [6.45, 7) is 4.35. The number of benzene rings is 2. The molecule has 0 aliphatic rings. The number of carbonyl (C=O) groups is 1. The normalized spacial score (nSPS) is 11.3. The molecule has 0 unspecified atom stereocenters. The molecule has 0 spiro atoms. The predicted molar refractivity (Wildman–Crippen MR) is 95.8 cm³/mol. The van der Waals surface area contributed by atoms with Crippen molar-refractivity contribution >= 4 is 22.5 Å². The van der Waals surface area contributed by atoms with E-state index in [1.54, 1.807) is 6.26 Å². The van der Waals surface area contributed by atoms with E-state index in [-0.39, 0.29) is 10.7 Å². The Morgan fingerprint density at radius 1 is 1.22 bits per heavy atom. The Hall–Kier alpha value is -2.20. The third-order valence-electron chi connectivity index (χ3n) is 3.57. The molecule has 0 fully saturated rings. The molecule has 0 saturated carbocycles. The minimum atomic E-state index is -0.174. The van der Waals surface area contributed by atoms with Gasteiger partial charge in [-0.15, -0.1) is 0 Å². The second-order valence-electron chi connectivity index (χ2n) is 5.25. The summed E-state index contributed by atoms with van der Waals surface area (Å²) < 4.78 is 5.93. The summed E-state index contributed by atoms with van der Waals surface area (Å²) in [5.74, 6) is 0.825. The lowest BCUT2D eigenvalue weighted by Gasteiger charge is -2.14. The Bertz CT molecular complexity index is 735. The highest BCUT2D eigenvalue weighted by atomic mass is 32.2. The van der Waals surface area contributed by atoms with E-state index in [1.165, 1.54) is 0 Å². The molecule has 4 heteroatoms. The van der Waals surface area contributed by atoms with Crippen LogP contribution in [0.4, 0.5) is 0 Å². The van der Waals surface area contributed by atoms with E-state index < -0.39 is 0 Å². The van der Waals surface area contributed by atoms with Crippen LogP contribution in [0.25, 0.3) is 5.57 Å². The number of carbonyl (C=O) groups excluding carboxylic acids is 1. The molecule has 0 saturated heterocycles. The summed E-state index contributed by atoms with van der Waals surface area (Å²) in [6.07, 6.45) is 2.57. The molecule has 2 aromatic rings. The molecular formula is C19H20O3S. The minimum absolute atomic E-state index is 0.174. The maximum atomic E-state index is 12.0. The van der Waals surface area contributed by atoms with Gasteiger partial charge in [0, 0.05) is 0 Å². The molecule has 0 amide bonds. The van der Waals surface area contributed by atoms with Gasteiger partial charge in [-0.3, -0.25) is 4.79 Å². The number of aliphatic hydroxyl groups excluding tert-OH is 1. The molecule has 0 aliphatic carbocycles. The van der Waals surface area contributed by atoms with Crippen molar-refractivity contribution in [3.63, 3.8) is 0 Å². The van der Waals surface area contributed by atoms with Crippen molar-refractivity contribution in [3.8, 4) is 5.75 Å². The maximum Gasteiger partial charge on any atom is 0.222 e. The van der Waals surface area contributed by atoms with Crippen LogP contribution >= 0.6 is 11.8 Å². The lowest BCUT2D eigenvalue weighted by atomic mass is 10.0. The highest BCUT2D eigenvalue weighted by Gasteiger charge is 2.15. The zero-order valence-corrected chi connectivity index (χ0v) is 14.3. The predicted octanol–water partition coefficient (Wildman–Crippen LogP) is 4.67. The van der Waals surface area contributed by atoms with Gasteiger partial charge in [0.2, 0.25) is 5.12 Å². The number of hydrogen-bond acceptors (Lipinski definition) is 4. The molecule has 1 N–H and O–H groups in total.